The average molecular weight is 360 g/mol. The van der Waals surface area contributed by atoms with Crippen LogP contribution in [0.1, 0.15) is 43.6 Å². The van der Waals surface area contributed by atoms with Crippen LogP contribution in [0.4, 0.5) is 4.39 Å². The third kappa shape index (κ3) is 4.46. The van der Waals surface area contributed by atoms with Gasteiger partial charge >= 0.3 is 0 Å². The maximum atomic E-state index is 13.4. The number of hydrogen-bond donors (Lipinski definition) is 2. The number of carbonyl (C=O) groups excluding carboxylic acids is 1. The Morgan fingerprint density at radius 1 is 1.38 bits per heavy atom. The van der Waals surface area contributed by atoms with Gasteiger partial charge in [0.25, 0.3) is 0 Å². The summed E-state index contributed by atoms with van der Waals surface area (Å²) < 4.78 is 18.6. The van der Waals surface area contributed by atoms with Crippen molar-refractivity contribution < 1.29 is 13.7 Å². The first-order chi connectivity index (χ1) is 12.6. The first-order valence-electron chi connectivity index (χ1n) is 9.15. The van der Waals surface area contributed by atoms with Gasteiger partial charge in [0.1, 0.15) is 5.82 Å². The van der Waals surface area contributed by atoms with Gasteiger partial charge in [-0.15, -0.1) is 0 Å². The summed E-state index contributed by atoms with van der Waals surface area (Å²) in [7, 11) is 0. The van der Waals surface area contributed by atoms with E-state index in [-0.39, 0.29) is 24.2 Å². The van der Waals surface area contributed by atoms with Crippen LogP contribution in [-0.4, -0.2) is 28.6 Å². The maximum absolute atomic E-state index is 13.4. The van der Waals surface area contributed by atoms with Crippen LogP contribution in [0, 0.1) is 18.7 Å². The molecule has 0 radical (unpaired) electrons. The molecule has 1 heterocycles. The van der Waals surface area contributed by atoms with Crippen molar-refractivity contribution in [1.82, 2.24) is 15.5 Å². The first-order valence-corrected chi connectivity index (χ1v) is 9.15. The standard InChI is InChI=1S/C19H25FN4O2/c1-12-10-13(6-7-15(12)20)19-23-18(26-24-19)9-8-17(25)22-16-5-3-2-4-14(16)11-21/h6-7,10,14,16H,2-5,8-9,11,21H2,1H3,(H,22,25). The average Bonchev–Trinajstić information content (AvgIpc) is 3.12. The molecule has 3 N–H and O–H groups in total. The molecule has 0 bridgehead atoms. The van der Waals surface area contributed by atoms with Gasteiger partial charge in [-0.25, -0.2) is 4.39 Å². The second kappa shape index (κ2) is 8.40. The number of rotatable bonds is 6. The van der Waals surface area contributed by atoms with E-state index in [2.05, 4.69) is 15.5 Å². The molecule has 26 heavy (non-hydrogen) atoms. The van der Waals surface area contributed by atoms with Gasteiger partial charge in [0.05, 0.1) is 0 Å². The van der Waals surface area contributed by atoms with E-state index in [0.717, 1.165) is 19.3 Å². The fourth-order valence-electron chi connectivity index (χ4n) is 3.44. The highest BCUT2D eigenvalue weighted by Gasteiger charge is 2.25. The van der Waals surface area contributed by atoms with Crippen molar-refractivity contribution in [3.8, 4) is 11.4 Å². The molecule has 6 nitrogen and oxygen atoms in total. The summed E-state index contributed by atoms with van der Waals surface area (Å²) in [5.74, 6) is 0.875. The van der Waals surface area contributed by atoms with E-state index in [1.807, 2.05) is 0 Å². The predicted molar refractivity (Wildman–Crippen MR) is 95.7 cm³/mol. The van der Waals surface area contributed by atoms with Gasteiger partial charge in [-0.2, -0.15) is 4.98 Å². The molecule has 140 valence electrons. The minimum Gasteiger partial charge on any atom is -0.353 e. The van der Waals surface area contributed by atoms with Crippen LogP contribution in [0.2, 0.25) is 0 Å². The van der Waals surface area contributed by atoms with Crippen LogP contribution in [0.15, 0.2) is 22.7 Å². The smallest absolute Gasteiger partial charge is 0.227 e. The Balaban J connectivity index is 1.54. The zero-order valence-corrected chi connectivity index (χ0v) is 15.0. The highest BCUT2D eigenvalue weighted by atomic mass is 19.1. The molecule has 1 amide bonds. The second-order valence-corrected chi connectivity index (χ2v) is 6.93. The molecule has 1 saturated carbocycles. The number of benzene rings is 1. The maximum Gasteiger partial charge on any atom is 0.227 e. The molecule has 1 aromatic heterocycles. The lowest BCUT2D eigenvalue weighted by molar-refractivity contribution is -0.122. The highest BCUT2D eigenvalue weighted by Crippen LogP contribution is 2.24. The summed E-state index contributed by atoms with van der Waals surface area (Å²) in [6.45, 7) is 2.29. The Morgan fingerprint density at radius 2 is 2.19 bits per heavy atom. The van der Waals surface area contributed by atoms with Gasteiger partial charge in [0.2, 0.25) is 17.6 Å². The van der Waals surface area contributed by atoms with Gasteiger partial charge in [0, 0.05) is 24.4 Å². The van der Waals surface area contributed by atoms with Gasteiger partial charge < -0.3 is 15.6 Å². The lowest BCUT2D eigenvalue weighted by Gasteiger charge is -2.31. The monoisotopic (exact) mass is 360 g/mol. The lowest BCUT2D eigenvalue weighted by atomic mass is 9.84. The quantitative estimate of drug-likeness (QED) is 0.826. The number of aryl methyl sites for hydroxylation is 2. The van der Waals surface area contributed by atoms with Crippen molar-refractivity contribution in [2.75, 3.05) is 6.54 Å². The zero-order chi connectivity index (χ0) is 18.5. The molecule has 2 unspecified atom stereocenters. The van der Waals surface area contributed by atoms with Crippen LogP contribution in [-0.2, 0) is 11.2 Å². The van der Waals surface area contributed by atoms with Gasteiger partial charge in [0.15, 0.2) is 0 Å². The highest BCUT2D eigenvalue weighted by molar-refractivity contribution is 5.76. The molecule has 0 spiro atoms. The molecular formula is C19H25FN4O2. The lowest BCUT2D eigenvalue weighted by Crippen LogP contribution is -2.44. The molecule has 1 aromatic carbocycles. The zero-order valence-electron chi connectivity index (χ0n) is 15.0. The third-order valence-electron chi connectivity index (χ3n) is 5.01. The summed E-state index contributed by atoms with van der Waals surface area (Å²) in [5.41, 5.74) is 7.02. The molecule has 3 rings (SSSR count). The summed E-state index contributed by atoms with van der Waals surface area (Å²) in [5, 5.41) is 7.01. The number of hydrogen-bond acceptors (Lipinski definition) is 5. The molecule has 1 fully saturated rings. The largest absolute Gasteiger partial charge is 0.353 e. The van der Waals surface area contributed by atoms with Gasteiger partial charge in [-0.05, 0) is 56.0 Å². The Hall–Kier alpha value is -2.28. The van der Waals surface area contributed by atoms with Crippen molar-refractivity contribution in [3.63, 3.8) is 0 Å². The number of halogens is 1. The van der Waals surface area contributed by atoms with Crippen LogP contribution in [0.25, 0.3) is 11.4 Å². The molecule has 2 atom stereocenters. The SMILES string of the molecule is Cc1cc(-c2noc(CCC(=O)NC3CCCCC3CN)n2)ccc1F. The normalized spacial score (nSPS) is 20.1. The van der Waals surface area contributed by atoms with Crippen molar-refractivity contribution in [2.45, 2.75) is 51.5 Å². The summed E-state index contributed by atoms with van der Waals surface area (Å²) in [4.78, 5) is 16.5. The van der Waals surface area contributed by atoms with Crippen molar-refractivity contribution in [3.05, 3.63) is 35.5 Å². The Morgan fingerprint density at radius 3 is 2.96 bits per heavy atom. The van der Waals surface area contributed by atoms with Crippen molar-refractivity contribution >= 4 is 5.91 Å². The van der Waals surface area contributed by atoms with E-state index in [4.69, 9.17) is 10.3 Å². The molecule has 1 aliphatic carbocycles. The second-order valence-electron chi connectivity index (χ2n) is 6.93. The van der Waals surface area contributed by atoms with E-state index in [9.17, 15) is 9.18 Å². The summed E-state index contributed by atoms with van der Waals surface area (Å²) in [6.07, 6.45) is 5.04. The first kappa shape index (κ1) is 18.5. The molecular weight excluding hydrogens is 335 g/mol. The van der Waals surface area contributed by atoms with E-state index in [0.29, 0.717) is 41.7 Å². The van der Waals surface area contributed by atoms with Crippen LogP contribution in [0.3, 0.4) is 0 Å². The van der Waals surface area contributed by atoms with Crippen molar-refractivity contribution in [2.24, 2.45) is 11.7 Å². The number of carbonyl (C=O) groups is 1. The molecule has 0 saturated heterocycles. The number of nitrogens with zero attached hydrogens (tertiary/aromatic N) is 2. The topological polar surface area (TPSA) is 94.0 Å². The Labute approximate surface area is 152 Å². The fourth-order valence-corrected chi connectivity index (χ4v) is 3.44. The van der Waals surface area contributed by atoms with E-state index in [1.165, 1.54) is 12.5 Å². The summed E-state index contributed by atoms with van der Waals surface area (Å²) in [6, 6.07) is 4.83. The minimum atomic E-state index is -0.271. The molecule has 0 aliphatic heterocycles. The minimum absolute atomic E-state index is 0.0206. The van der Waals surface area contributed by atoms with E-state index < -0.39 is 0 Å². The fraction of sp³-hybridized carbons (Fsp3) is 0.526. The molecule has 1 aliphatic rings. The van der Waals surface area contributed by atoms with Crippen LogP contribution in [0.5, 0.6) is 0 Å². The Kier molecular flexibility index (Phi) is 5.98. The van der Waals surface area contributed by atoms with E-state index >= 15 is 0 Å². The predicted octanol–water partition coefficient (Wildman–Crippen LogP) is 2.75. The summed E-state index contributed by atoms with van der Waals surface area (Å²) >= 11 is 0. The van der Waals surface area contributed by atoms with Crippen LogP contribution >= 0.6 is 0 Å². The van der Waals surface area contributed by atoms with Gasteiger partial charge in [-0.3, -0.25) is 4.79 Å². The third-order valence-corrected chi connectivity index (χ3v) is 5.01. The van der Waals surface area contributed by atoms with Gasteiger partial charge in [-0.1, -0.05) is 18.0 Å². The molecule has 7 heteroatoms. The van der Waals surface area contributed by atoms with Crippen molar-refractivity contribution in [1.29, 1.82) is 0 Å². The number of nitrogens with two attached hydrogens (primary N) is 1. The number of amides is 1. The Bertz CT molecular complexity index is 762. The number of nitrogens with one attached hydrogen (secondary N) is 1. The van der Waals surface area contributed by atoms with E-state index in [1.54, 1.807) is 19.1 Å². The van der Waals surface area contributed by atoms with Crippen LogP contribution < -0.4 is 11.1 Å². The molecule has 2 aromatic rings. The number of aromatic nitrogens is 2.